The van der Waals surface area contributed by atoms with Crippen molar-refractivity contribution in [3.8, 4) is 11.5 Å². The minimum absolute atomic E-state index is 0.0517. The minimum atomic E-state index is -0.515. The molecule has 3 N–H and O–H groups in total. The van der Waals surface area contributed by atoms with Crippen LogP contribution in [-0.4, -0.2) is 37.7 Å². The molecule has 4 aromatic rings. The molecule has 0 aliphatic heterocycles. The summed E-state index contributed by atoms with van der Waals surface area (Å²) in [6.45, 7) is 0. The summed E-state index contributed by atoms with van der Waals surface area (Å²) in [5.41, 5.74) is 2.14. The average Bonchev–Trinajstić information content (AvgIpc) is 3.01. The van der Waals surface area contributed by atoms with Gasteiger partial charge in [0.1, 0.15) is 17.2 Å². The van der Waals surface area contributed by atoms with E-state index in [1.807, 2.05) is 6.07 Å². The molecule has 0 aliphatic rings. The van der Waals surface area contributed by atoms with E-state index >= 15 is 0 Å². The number of carbonyl (C=O) groups is 3. The van der Waals surface area contributed by atoms with Gasteiger partial charge in [0.15, 0.2) is 0 Å². The number of nitrogens with one attached hydrogen (secondary N) is 3. The number of carbonyl (C=O) groups excluding carboxylic acids is 3. The van der Waals surface area contributed by atoms with Crippen LogP contribution in [0.25, 0.3) is 6.08 Å². The Kier molecular flexibility index (Phi) is 10.6. The summed E-state index contributed by atoms with van der Waals surface area (Å²) in [6.07, 6.45) is 1.57. The highest BCUT2D eigenvalue weighted by molar-refractivity contribution is 8.00. The van der Waals surface area contributed by atoms with Crippen LogP contribution in [0.3, 0.4) is 0 Å². The average molecular weight is 602 g/mol. The van der Waals surface area contributed by atoms with Crippen LogP contribution in [0.1, 0.15) is 15.9 Å². The van der Waals surface area contributed by atoms with E-state index in [1.165, 1.54) is 18.9 Å². The van der Waals surface area contributed by atoms with Gasteiger partial charge < -0.3 is 25.4 Å². The lowest BCUT2D eigenvalue weighted by atomic mass is 10.1. The van der Waals surface area contributed by atoms with E-state index < -0.39 is 11.8 Å². The van der Waals surface area contributed by atoms with Crippen molar-refractivity contribution in [2.45, 2.75) is 4.90 Å². The Labute approximate surface area is 253 Å². The Balaban J connectivity index is 1.44. The maximum atomic E-state index is 13.3. The molecule has 0 unspecified atom stereocenters. The van der Waals surface area contributed by atoms with Crippen LogP contribution < -0.4 is 25.4 Å². The monoisotopic (exact) mass is 601 g/mol. The molecule has 0 aliphatic carbocycles. The first-order valence-electron chi connectivity index (χ1n) is 12.7. The maximum absolute atomic E-state index is 13.3. The summed E-state index contributed by atoms with van der Waals surface area (Å²) < 4.78 is 10.5. The van der Waals surface area contributed by atoms with E-state index in [0.717, 1.165) is 4.90 Å². The van der Waals surface area contributed by atoms with Gasteiger partial charge >= 0.3 is 0 Å². The third kappa shape index (κ3) is 8.63. The first-order valence-corrected chi connectivity index (χ1v) is 14.1. The van der Waals surface area contributed by atoms with Crippen LogP contribution in [0.2, 0.25) is 5.02 Å². The van der Waals surface area contributed by atoms with Crippen LogP contribution in [-0.2, 0) is 9.59 Å². The van der Waals surface area contributed by atoms with Gasteiger partial charge in [0.25, 0.3) is 11.8 Å². The van der Waals surface area contributed by atoms with Crippen molar-refractivity contribution in [2.75, 3.05) is 30.6 Å². The molecule has 3 amide bonds. The number of thioether (sulfide) groups is 1. The normalized spacial score (nSPS) is 10.9. The first-order chi connectivity index (χ1) is 20.3. The van der Waals surface area contributed by atoms with Crippen molar-refractivity contribution in [1.29, 1.82) is 0 Å². The molecule has 0 radical (unpaired) electrons. The molecular formula is C32H28ClN3O5S. The minimum Gasteiger partial charge on any atom is -0.497 e. The zero-order valence-electron chi connectivity index (χ0n) is 22.8. The number of methoxy groups -OCH3 is 2. The van der Waals surface area contributed by atoms with E-state index in [0.29, 0.717) is 39.0 Å². The quantitative estimate of drug-likeness (QED) is 0.134. The second kappa shape index (κ2) is 14.8. The number of anilines is 2. The maximum Gasteiger partial charge on any atom is 0.272 e. The zero-order valence-corrected chi connectivity index (χ0v) is 24.4. The number of hydrogen-bond acceptors (Lipinski definition) is 6. The SMILES string of the molecule is COc1ccc(OC)c(NC(=O)CSc2cccc(NC(=O)/C(=C/c3ccc(Cl)cc3)NC(=O)c3ccccc3)c2)c1. The number of ether oxygens (including phenoxy) is 2. The molecule has 0 bridgehead atoms. The largest absolute Gasteiger partial charge is 0.497 e. The predicted molar refractivity (Wildman–Crippen MR) is 167 cm³/mol. The summed E-state index contributed by atoms with van der Waals surface area (Å²) in [7, 11) is 3.07. The molecule has 0 saturated carbocycles. The fourth-order valence-electron chi connectivity index (χ4n) is 3.78. The Morgan fingerprint density at radius 3 is 2.31 bits per heavy atom. The molecule has 42 heavy (non-hydrogen) atoms. The van der Waals surface area contributed by atoms with Gasteiger partial charge in [-0.1, -0.05) is 48.0 Å². The van der Waals surface area contributed by atoms with Gasteiger partial charge in [-0.15, -0.1) is 11.8 Å². The molecule has 0 fully saturated rings. The number of benzene rings is 4. The molecule has 0 heterocycles. The Morgan fingerprint density at radius 1 is 0.833 bits per heavy atom. The van der Waals surface area contributed by atoms with Crippen LogP contribution in [0.5, 0.6) is 11.5 Å². The summed E-state index contributed by atoms with van der Waals surface area (Å²) in [4.78, 5) is 39.6. The summed E-state index contributed by atoms with van der Waals surface area (Å²) in [6, 6.07) is 27.7. The van der Waals surface area contributed by atoms with E-state index in [4.69, 9.17) is 21.1 Å². The number of halogens is 1. The van der Waals surface area contributed by atoms with E-state index in [9.17, 15) is 14.4 Å². The third-order valence-electron chi connectivity index (χ3n) is 5.85. The predicted octanol–water partition coefficient (Wildman–Crippen LogP) is 6.50. The fraction of sp³-hybridized carbons (Fsp3) is 0.0938. The number of hydrogen-bond donors (Lipinski definition) is 3. The van der Waals surface area contributed by atoms with Crippen LogP contribution >= 0.6 is 23.4 Å². The van der Waals surface area contributed by atoms with Gasteiger partial charge in [0.2, 0.25) is 5.91 Å². The standard InChI is InChI=1S/C32H28ClN3O5S/c1-40-25-15-16-29(41-2)27(19-25)35-30(37)20-42-26-10-6-9-24(18-26)34-32(39)28(17-21-11-13-23(33)14-12-21)36-31(38)22-7-4-3-5-8-22/h3-19H,20H2,1-2H3,(H,34,39)(H,35,37)(H,36,38)/b28-17-. The number of amides is 3. The van der Waals surface area contributed by atoms with Crippen molar-refractivity contribution >= 4 is 58.5 Å². The lowest BCUT2D eigenvalue weighted by molar-refractivity contribution is -0.114. The third-order valence-corrected chi connectivity index (χ3v) is 7.10. The molecule has 0 spiro atoms. The number of rotatable bonds is 11. The van der Waals surface area contributed by atoms with Gasteiger partial charge in [0, 0.05) is 27.2 Å². The van der Waals surface area contributed by atoms with Crippen LogP contribution in [0.4, 0.5) is 11.4 Å². The molecule has 0 saturated heterocycles. The van der Waals surface area contributed by atoms with Crippen LogP contribution in [0, 0.1) is 0 Å². The Hall–Kier alpha value is -4.73. The van der Waals surface area contributed by atoms with Gasteiger partial charge in [0.05, 0.1) is 25.7 Å². The van der Waals surface area contributed by atoms with Gasteiger partial charge in [-0.3, -0.25) is 14.4 Å². The lowest BCUT2D eigenvalue weighted by Crippen LogP contribution is -2.30. The smallest absolute Gasteiger partial charge is 0.272 e. The fourth-order valence-corrected chi connectivity index (χ4v) is 4.66. The van der Waals surface area contributed by atoms with Gasteiger partial charge in [-0.25, -0.2) is 0 Å². The lowest BCUT2D eigenvalue weighted by Gasteiger charge is -2.13. The molecular weight excluding hydrogens is 574 g/mol. The Morgan fingerprint density at radius 2 is 1.60 bits per heavy atom. The topological polar surface area (TPSA) is 106 Å². The van der Waals surface area contributed by atoms with Crippen molar-refractivity contribution in [3.05, 3.63) is 119 Å². The zero-order chi connectivity index (χ0) is 29.9. The summed E-state index contributed by atoms with van der Waals surface area (Å²) in [5, 5.41) is 8.93. The highest BCUT2D eigenvalue weighted by Gasteiger charge is 2.16. The van der Waals surface area contributed by atoms with Crippen molar-refractivity contribution in [1.82, 2.24) is 5.32 Å². The van der Waals surface area contributed by atoms with E-state index in [1.54, 1.807) is 104 Å². The molecule has 214 valence electrons. The van der Waals surface area contributed by atoms with E-state index in [-0.39, 0.29) is 17.4 Å². The first kappa shape index (κ1) is 30.2. The van der Waals surface area contributed by atoms with Gasteiger partial charge in [-0.2, -0.15) is 0 Å². The van der Waals surface area contributed by atoms with Crippen molar-refractivity contribution < 1.29 is 23.9 Å². The second-order valence-corrected chi connectivity index (χ2v) is 10.3. The van der Waals surface area contributed by atoms with Gasteiger partial charge in [-0.05, 0) is 66.2 Å². The summed E-state index contributed by atoms with van der Waals surface area (Å²) in [5.74, 6) is 0.0467. The molecule has 4 aromatic carbocycles. The molecule has 0 aromatic heterocycles. The molecule has 4 rings (SSSR count). The van der Waals surface area contributed by atoms with E-state index in [2.05, 4.69) is 16.0 Å². The molecule has 0 atom stereocenters. The molecule has 10 heteroatoms. The molecule has 8 nitrogen and oxygen atoms in total. The van der Waals surface area contributed by atoms with Crippen LogP contribution in [0.15, 0.2) is 108 Å². The van der Waals surface area contributed by atoms with Crippen molar-refractivity contribution in [2.24, 2.45) is 0 Å². The highest BCUT2D eigenvalue weighted by atomic mass is 35.5. The summed E-state index contributed by atoms with van der Waals surface area (Å²) >= 11 is 7.30. The highest BCUT2D eigenvalue weighted by Crippen LogP contribution is 2.29. The Bertz CT molecular complexity index is 1590. The van der Waals surface area contributed by atoms with Crippen molar-refractivity contribution in [3.63, 3.8) is 0 Å². The second-order valence-electron chi connectivity index (χ2n) is 8.81.